The Hall–Kier alpha value is -1.65. The molecular formula is C56H105NO3. The first kappa shape index (κ1) is 58.4. The second kappa shape index (κ2) is 51.7. The predicted octanol–water partition coefficient (Wildman–Crippen LogP) is 17.5. The zero-order chi connectivity index (χ0) is 43.5. The molecule has 0 rings (SSSR count). The zero-order valence-corrected chi connectivity index (χ0v) is 40.5. The van der Waals surface area contributed by atoms with Gasteiger partial charge in [-0.1, -0.05) is 255 Å². The normalized spacial score (nSPS) is 13.2. The summed E-state index contributed by atoms with van der Waals surface area (Å²) >= 11 is 0. The number of unbranched alkanes of at least 4 members (excludes halogenated alkanes) is 36. The van der Waals surface area contributed by atoms with E-state index in [-0.39, 0.29) is 12.5 Å². The minimum Gasteiger partial charge on any atom is -0.394 e. The molecule has 0 aliphatic rings. The number of aliphatic hydroxyl groups excluding tert-OH is 2. The number of carbonyl (C=O) groups excluding carboxylic acids is 1. The van der Waals surface area contributed by atoms with E-state index in [1.807, 2.05) is 6.08 Å². The standard InChI is InChI=1S/C56H105NO3/c1-3-5-7-9-11-13-15-17-19-21-22-23-24-25-26-27-28-29-30-31-32-33-34-36-38-40-42-44-46-48-50-52-56(60)57-54(53-58)55(59)51-49-47-45-43-41-39-37-35-20-18-16-14-12-10-8-6-4-2/h20,25-26,35,41,43,49,51,54-55,58-59H,3-19,21-24,27-34,36-40,42,44-48,50,52-53H2,1-2H3,(H,57,60)/b26-25-,35-20+,43-41+,51-49+. The summed E-state index contributed by atoms with van der Waals surface area (Å²) in [5.74, 6) is -0.0755. The van der Waals surface area contributed by atoms with Gasteiger partial charge in [0.2, 0.25) is 5.91 Å². The largest absolute Gasteiger partial charge is 0.394 e. The third-order valence-corrected chi connectivity index (χ3v) is 12.3. The van der Waals surface area contributed by atoms with Gasteiger partial charge in [0.1, 0.15) is 0 Å². The molecule has 0 saturated heterocycles. The predicted molar refractivity (Wildman–Crippen MR) is 267 cm³/mol. The second-order valence-corrected chi connectivity index (χ2v) is 18.3. The van der Waals surface area contributed by atoms with Crippen LogP contribution in [0.2, 0.25) is 0 Å². The van der Waals surface area contributed by atoms with Crippen LogP contribution in [0.1, 0.15) is 284 Å². The highest BCUT2D eigenvalue weighted by Gasteiger charge is 2.17. The van der Waals surface area contributed by atoms with Gasteiger partial charge < -0.3 is 15.5 Å². The van der Waals surface area contributed by atoms with Gasteiger partial charge in [-0.2, -0.15) is 0 Å². The van der Waals surface area contributed by atoms with Crippen molar-refractivity contribution in [2.24, 2.45) is 0 Å². The molecule has 2 unspecified atom stereocenters. The lowest BCUT2D eigenvalue weighted by atomic mass is 10.0. The van der Waals surface area contributed by atoms with Crippen molar-refractivity contribution in [3.63, 3.8) is 0 Å². The number of rotatable bonds is 49. The third kappa shape index (κ3) is 47.4. The fourth-order valence-electron chi connectivity index (χ4n) is 8.15. The SMILES string of the molecule is CCCCCCCCC/C=C/CC/C=C/CC/C=C/C(O)C(CO)NC(=O)CCCCCCCCCCCCCCCCC/C=C\CCCCCCCCCCCCCC. The van der Waals surface area contributed by atoms with E-state index < -0.39 is 12.1 Å². The maximum absolute atomic E-state index is 12.4. The molecule has 0 radical (unpaired) electrons. The summed E-state index contributed by atoms with van der Waals surface area (Å²) < 4.78 is 0. The van der Waals surface area contributed by atoms with Crippen molar-refractivity contribution < 1.29 is 15.0 Å². The number of hydrogen-bond donors (Lipinski definition) is 3. The Morgan fingerprint density at radius 3 is 0.967 bits per heavy atom. The van der Waals surface area contributed by atoms with E-state index in [1.165, 1.54) is 225 Å². The fraction of sp³-hybridized carbons (Fsp3) is 0.839. The quantitative estimate of drug-likeness (QED) is 0.0422. The Morgan fingerprint density at radius 1 is 0.383 bits per heavy atom. The molecule has 4 heteroatoms. The summed E-state index contributed by atoms with van der Waals surface area (Å²) in [6, 6.07) is -0.645. The van der Waals surface area contributed by atoms with Gasteiger partial charge in [-0.15, -0.1) is 0 Å². The molecule has 0 aliphatic heterocycles. The van der Waals surface area contributed by atoms with Crippen LogP contribution in [-0.2, 0) is 4.79 Å². The number of aliphatic hydroxyl groups is 2. The van der Waals surface area contributed by atoms with Crippen molar-refractivity contribution in [1.29, 1.82) is 0 Å². The zero-order valence-electron chi connectivity index (χ0n) is 40.5. The summed E-state index contributed by atoms with van der Waals surface area (Å²) in [5.41, 5.74) is 0. The number of hydrogen-bond acceptors (Lipinski definition) is 3. The van der Waals surface area contributed by atoms with E-state index in [4.69, 9.17) is 0 Å². The van der Waals surface area contributed by atoms with Crippen LogP contribution < -0.4 is 5.32 Å². The summed E-state index contributed by atoms with van der Waals surface area (Å²) in [5, 5.41) is 23.1. The van der Waals surface area contributed by atoms with Gasteiger partial charge in [0.25, 0.3) is 0 Å². The summed E-state index contributed by atoms with van der Waals surface area (Å²) in [7, 11) is 0. The fourth-order valence-corrected chi connectivity index (χ4v) is 8.15. The Bertz CT molecular complexity index is 954. The monoisotopic (exact) mass is 840 g/mol. The van der Waals surface area contributed by atoms with Crippen LogP contribution in [0.3, 0.4) is 0 Å². The Balaban J connectivity index is 3.50. The van der Waals surface area contributed by atoms with Crippen molar-refractivity contribution in [3.8, 4) is 0 Å². The minimum atomic E-state index is -0.870. The molecule has 0 aliphatic carbocycles. The second-order valence-electron chi connectivity index (χ2n) is 18.3. The van der Waals surface area contributed by atoms with Gasteiger partial charge in [-0.05, 0) is 70.6 Å². The smallest absolute Gasteiger partial charge is 0.220 e. The minimum absolute atomic E-state index is 0.0755. The average Bonchev–Trinajstić information content (AvgIpc) is 3.25. The van der Waals surface area contributed by atoms with Gasteiger partial charge in [-0.25, -0.2) is 0 Å². The molecule has 0 heterocycles. The lowest BCUT2D eigenvalue weighted by Crippen LogP contribution is -2.45. The summed E-state index contributed by atoms with van der Waals surface area (Å²) in [6.07, 6.45) is 71.2. The first-order chi connectivity index (χ1) is 29.7. The molecule has 0 saturated carbocycles. The molecule has 2 atom stereocenters. The van der Waals surface area contributed by atoms with Crippen LogP contribution in [0.5, 0.6) is 0 Å². The van der Waals surface area contributed by atoms with Crippen molar-refractivity contribution >= 4 is 5.91 Å². The highest BCUT2D eigenvalue weighted by molar-refractivity contribution is 5.76. The molecule has 4 nitrogen and oxygen atoms in total. The van der Waals surface area contributed by atoms with Crippen LogP contribution in [0.4, 0.5) is 0 Å². The van der Waals surface area contributed by atoms with E-state index >= 15 is 0 Å². The molecule has 0 bridgehead atoms. The topological polar surface area (TPSA) is 69.6 Å². The van der Waals surface area contributed by atoms with Gasteiger partial charge in [-0.3, -0.25) is 4.79 Å². The number of carbonyl (C=O) groups is 1. The molecule has 0 fully saturated rings. The molecular weight excluding hydrogens is 735 g/mol. The highest BCUT2D eigenvalue weighted by Crippen LogP contribution is 2.16. The van der Waals surface area contributed by atoms with E-state index in [1.54, 1.807) is 6.08 Å². The van der Waals surface area contributed by atoms with E-state index in [0.29, 0.717) is 6.42 Å². The molecule has 0 aromatic heterocycles. The van der Waals surface area contributed by atoms with Gasteiger partial charge in [0.05, 0.1) is 18.8 Å². The molecule has 1 amide bonds. The molecule has 0 spiro atoms. The van der Waals surface area contributed by atoms with Crippen LogP contribution in [-0.4, -0.2) is 34.9 Å². The van der Waals surface area contributed by atoms with Crippen molar-refractivity contribution in [2.75, 3.05) is 6.61 Å². The van der Waals surface area contributed by atoms with Gasteiger partial charge in [0.15, 0.2) is 0 Å². The summed E-state index contributed by atoms with van der Waals surface area (Å²) in [6.45, 7) is 4.31. The Morgan fingerprint density at radius 2 is 0.650 bits per heavy atom. The molecule has 0 aromatic carbocycles. The van der Waals surface area contributed by atoms with Crippen molar-refractivity contribution in [3.05, 3.63) is 48.6 Å². The molecule has 3 N–H and O–H groups in total. The van der Waals surface area contributed by atoms with Gasteiger partial charge >= 0.3 is 0 Å². The van der Waals surface area contributed by atoms with Crippen LogP contribution >= 0.6 is 0 Å². The Labute approximate surface area is 375 Å². The molecule has 352 valence electrons. The summed E-state index contributed by atoms with van der Waals surface area (Å²) in [4.78, 5) is 12.4. The Kier molecular flexibility index (Phi) is 50.3. The number of nitrogens with one attached hydrogen (secondary N) is 1. The van der Waals surface area contributed by atoms with E-state index in [9.17, 15) is 15.0 Å². The lowest BCUT2D eigenvalue weighted by molar-refractivity contribution is -0.123. The maximum atomic E-state index is 12.4. The van der Waals surface area contributed by atoms with Crippen molar-refractivity contribution in [1.82, 2.24) is 5.32 Å². The first-order valence-electron chi connectivity index (χ1n) is 26.9. The van der Waals surface area contributed by atoms with Crippen LogP contribution in [0.15, 0.2) is 48.6 Å². The number of amides is 1. The number of allylic oxidation sites excluding steroid dienone is 7. The lowest BCUT2D eigenvalue weighted by Gasteiger charge is -2.19. The van der Waals surface area contributed by atoms with E-state index in [2.05, 4.69) is 55.6 Å². The van der Waals surface area contributed by atoms with Gasteiger partial charge in [0, 0.05) is 6.42 Å². The molecule has 0 aromatic rings. The van der Waals surface area contributed by atoms with Crippen LogP contribution in [0.25, 0.3) is 0 Å². The maximum Gasteiger partial charge on any atom is 0.220 e. The molecule has 60 heavy (non-hydrogen) atoms. The first-order valence-corrected chi connectivity index (χ1v) is 26.9. The third-order valence-electron chi connectivity index (χ3n) is 12.3. The van der Waals surface area contributed by atoms with Crippen molar-refractivity contribution in [2.45, 2.75) is 296 Å². The average molecular weight is 840 g/mol. The highest BCUT2D eigenvalue weighted by atomic mass is 16.3. The van der Waals surface area contributed by atoms with Crippen LogP contribution in [0, 0.1) is 0 Å². The van der Waals surface area contributed by atoms with E-state index in [0.717, 1.165) is 38.5 Å².